The minimum absolute atomic E-state index is 0.0833. The molecule has 0 radical (unpaired) electrons. The summed E-state index contributed by atoms with van der Waals surface area (Å²) in [6.07, 6.45) is 7.92. The Balaban J connectivity index is 1.28. The average molecular weight is 425 g/mol. The van der Waals surface area contributed by atoms with E-state index in [4.69, 9.17) is 4.74 Å². The van der Waals surface area contributed by atoms with E-state index in [9.17, 15) is 14.9 Å². The summed E-state index contributed by atoms with van der Waals surface area (Å²) in [4.78, 5) is 23.8. The molecule has 4 aliphatic rings. The second-order valence-corrected chi connectivity index (χ2v) is 9.58. The van der Waals surface area contributed by atoms with Gasteiger partial charge in [-0.15, -0.1) is 0 Å². The van der Waals surface area contributed by atoms with Crippen molar-refractivity contribution in [1.29, 1.82) is 0 Å². The minimum atomic E-state index is -0.395. The Morgan fingerprint density at radius 2 is 1.90 bits per heavy atom. The van der Waals surface area contributed by atoms with Crippen molar-refractivity contribution in [3.05, 3.63) is 51.2 Å². The van der Waals surface area contributed by atoms with Crippen molar-refractivity contribution in [2.75, 3.05) is 0 Å². The molecule has 1 N–H and O–H groups in total. The van der Waals surface area contributed by atoms with Crippen LogP contribution in [0.1, 0.15) is 53.6 Å². The number of nitrogens with zero attached hydrogens (tertiary/aromatic N) is 3. The van der Waals surface area contributed by atoms with Crippen LogP contribution in [0.5, 0.6) is 5.88 Å². The summed E-state index contributed by atoms with van der Waals surface area (Å²) >= 11 is 0. The van der Waals surface area contributed by atoms with Crippen molar-refractivity contribution in [3.8, 4) is 5.88 Å². The van der Waals surface area contributed by atoms with E-state index < -0.39 is 4.92 Å². The van der Waals surface area contributed by atoms with Crippen molar-refractivity contribution in [1.82, 2.24) is 15.1 Å². The molecule has 4 aliphatic carbocycles. The number of nitrogens with one attached hydrogen (secondary N) is 1. The molecule has 1 aromatic heterocycles. The Hall–Kier alpha value is -2.90. The van der Waals surface area contributed by atoms with Crippen molar-refractivity contribution < 1.29 is 14.5 Å². The molecule has 164 valence electrons. The van der Waals surface area contributed by atoms with Crippen LogP contribution in [0.15, 0.2) is 24.4 Å². The molecule has 0 unspecified atom stereocenters. The molecule has 0 atom stereocenters. The van der Waals surface area contributed by atoms with Crippen molar-refractivity contribution in [2.45, 2.75) is 51.7 Å². The highest BCUT2D eigenvalue weighted by Crippen LogP contribution is 2.53. The Morgan fingerprint density at radius 3 is 2.52 bits per heavy atom. The van der Waals surface area contributed by atoms with Crippen LogP contribution in [-0.4, -0.2) is 26.7 Å². The van der Waals surface area contributed by atoms with Crippen LogP contribution < -0.4 is 10.1 Å². The maximum Gasteiger partial charge on any atom is 0.272 e. The topological polar surface area (TPSA) is 99.3 Å². The first-order valence-electron chi connectivity index (χ1n) is 11.1. The van der Waals surface area contributed by atoms with Crippen LogP contribution in [0.3, 0.4) is 0 Å². The quantitative estimate of drug-likeness (QED) is 0.562. The summed E-state index contributed by atoms with van der Waals surface area (Å²) < 4.78 is 7.51. The van der Waals surface area contributed by atoms with Crippen LogP contribution in [0.4, 0.5) is 5.69 Å². The van der Waals surface area contributed by atoms with E-state index in [2.05, 4.69) is 10.4 Å². The van der Waals surface area contributed by atoms with E-state index >= 15 is 0 Å². The Labute approximate surface area is 181 Å². The number of nitro benzene ring substituents is 1. The van der Waals surface area contributed by atoms with E-state index in [0.29, 0.717) is 28.8 Å². The number of ether oxygens (including phenoxy) is 1. The number of hydrogen-bond donors (Lipinski definition) is 1. The van der Waals surface area contributed by atoms with Gasteiger partial charge in [-0.1, -0.05) is 0 Å². The zero-order valence-electron chi connectivity index (χ0n) is 17.9. The van der Waals surface area contributed by atoms with E-state index in [1.54, 1.807) is 37.0 Å². The molecular formula is C23H28N4O4. The van der Waals surface area contributed by atoms with Crippen LogP contribution in [-0.2, 0) is 13.7 Å². The first kappa shape index (κ1) is 20.0. The Bertz CT molecular complexity index is 1000. The lowest BCUT2D eigenvalue weighted by Crippen LogP contribution is -2.55. The third-order valence-corrected chi connectivity index (χ3v) is 7.49. The molecule has 8 heteroatoms. The van der Waals surface area contributed by atoms with Gasteiger partial charge in [-0.3, -0.25) is 14.9 Å². The lowest BCUT2D eigenvalue weighted by Gasteiger charge is -2.54. The van der Waals surface area contributed by atoms with Gasteiger partial charge in [-0.25, -0.2) is 4.68 Å². The van der Waals surface area contributed by atoms with Crippen LogP contribution in [0.25, 0.3) is 0 Å². The van der Waals surface area contributed by atoms with Gasteiger partial charge in [0.25, 0.3) is 11.6 Å². The van der Waals surface area contributed by atoms with Crippen molar-refractivity contribution in [2.24, 2.45) is 30.7 Å². The van der Waals surface area contributed by atoms with E-state index in [0.717, 1.165) is 17.4 Å². The molecule has 0 spiro atoms. The Morgan fingerprint density at radius 1 is 1.23 bits per heavy atom. The second kappa shape index (κ2) is 7.66. The number of hydrogen-bond acceptors (Lipinski definition) is 5. The highest BCUT2D eigenvalue weighted by Gasteiger charge is 2.48. The number of carbonyl (C=O) groups excluding carboxylic acids is 1. The van der Waals surface area contributed by atoms with Crippen LogP contribution in [0, 0.1) is 40.7 Å². The predicted molar refractivity (Wildman–Crippen MR) is 114 cm³/mol. The first-order valence-corrected chi connectivity index (χ1v) is 11.1. The fourth-order valence-electron chi connectivity index (χ4n) is 6.31. The second-order valence-electron chi connectivity index (χ2n) is 9.58. The third kappa shape index (κ3) is 3.68. The molecular weight excluding hydrogens is 396 g/mol. The van der Waals surface area contributed by atoms with Gasteiger partial charge in [-0.05, 0) is 80.4 Å². The molecule has 0 aliphatic heterocycles. The monoisotopic (exact) mass is 424 g/mol. The zero-order valence-corrected chi connectivity index (χ0v) is 17.9. The summed E-state index contributed by atoms with van der Waals surface area (Å²) in [6.45, 7) is 1.91. The first-order chi connectivity index (χ1) is 14.9. The molecule has 1 heterocycles. The fraction of sp³-hybridized carbons (Fsp3) is 0.565. The minimum Gasteiger partial charge on any atom is -0.472 e. The number of benzene rings is 1. The largest absolute Gasteiger partial charge is 0.472 e. The number of carbonyl (C=O) groups is 1. The van der Waals surface area contributed by atoms with Gasteiger partial charge in [0.05, 0.1) is 11.1 Å². The van der Waals surface area contributed by atoms with Gasteiger partial charge >= 0.3 is 0 Å². The number of rotatable bonds is 6. The molecule has 8 nitrogen and oxygen atoms in total. The fourth-order valence-corrected chi connectivity index (χ4v) is 6.31. The summed E-state index contributed by atoms with van der Waals surface area (Å²) in [5.41, 5.74) is 1.91. The van der Waals surface area contributed by atoms with Gasteiger partial charge in [0.15, 0.2) is 0 Å². The van der Waals surface area contributed by atoms with Gasteiger partial charge in [0, 0.05) is 24.7 Å². The van der Waals surface area contributed by atoms with Crippen LogP contribution in [0.2, 0.25) is 0 Å². The van der Waals surface area contributed by atoms with Crippen molar-refractivity contribution >= 4 is 11.6 Å². The van der Waals surface area contributed by atoms with Gasteiger partial charge in [-0.2, -0.15) is 5.10 Å². The average Bonchev–Trinajstić information content (AvgIpc) is 3.08. The lowest BCUT2D eigenvalue weighted by atomic mass is 9.54. The summed E-state index contributed by atoms with van der Waals surface area (Å²) in [7, 11) is 1.75. The van der Waals surface area contributed by atoms with Gasteiger partial charge in [0.2, 0.25) is 5.88 Å². The molecule has 1 amide bonds. The number of amides is 1. The summed E-state index contributed by atoms with van der Waals surface area (Å²) in [6, 6.07) is 5.15. The third-order valence-electron chi connectivity index (χ3n) is 7.49. The molecule has 1 aromatic carbocycles. The molecule has 0 saturated heterocycles. The maximum atomic E-state index is 13.1. The highest BCUT2D eigenvalue weighted by molar-refractivity contribution is 5.96. The predicted octanol–water partition coefficient (Wildman–Crippen LogP) is 3.77. The zero-order chi connectivity index (χ0) is 21.7. The van der Waals surface area contributed by atoms with Gasteiger partial charge in [0.1, 0.15) is 12.2 Å². The summed E-state index contributed by atoms with van der Waals surface area (Å²) in [5.74, 6) is 3.21. The SMILES string of the molecule is Cc1cc(COc2c(C(=O)NC3C4CC5CC(C4)CC3C5)cnn2C)ccc1[N+](=O)[O-]. The molecule has 4 bridgehead atoms. The molecule has 4 fully saturated rings. The number of aromatic nitrogens is 2. The van der Waals surface area contributed by atoms with E-state index in [1.165, 1.54) is 38.2 Å². The standard InChI is InChI=1S/C23H28N4O4/c1-13-5-14(3-4-20(13)27(29)30)12-31-23-19(11-24-26(23)2)22(28)25-21-17-7-15-6-16(9-17)10-18(21)8-15/h3-5,11,15-18,21H,6-10,12H2,1-2H3,(H,25,28). The van der Waals surface area contributed by atoms with Crippen molar-refractivity contribution in [3.63, 3.8) is 0 Å². The molecule has 31 heavy (non-hydrogen) atoms. The van der Waals surface area contributed by atoms with E-state index in [1.807, 2.05) is 0 Å². The maximum absolute atomic E-state index is 13.1. The van der Waals surface area contributed by atoms with Gasteiger partial charge < -0.3 is 10.1 Å². The normalized spacial score (nSPS) is 28.5. The Kier molecular flexibility index (Phi) is 4.95. The van der Waals surface area contributed by atoms with E-state index in [-0.39, 0.29) is 24.2 Å². The summed E-state index contributed by atoms with van der Waals surface area (Å²) in [5, 5.41) is 18.6. The number of aryl methyl sites for hydroxylation is 2. The molecule has 6 rings (SSSR count). The smallest absolute Gasteiger partial charge is 0.272 e. The highest BCUT2D eigenvalue weighted by atomic mass is 16.6. The lowest BCUT2D eigenvalue weighted by molar-refractivity contribution is -0.385. The van der Waals surface area contributed by atoms with Crippen LogP contribution >= 0.6 is 0 Å². The number of nitro groups is 1. The molecule has 2 aromatic rings. The molecule has 4 saturated carbocycles.